The van der Waals surface area contributed by atoms with Gasteiger partial charge in [-0.2, -0.15) is 10.2 Å². The molecule has 0 spiro atoms. The standard InChI is InChI=1S/C20H20N4O3/c1-2-15-13-20(11-12-25,21-14-15)16-3-5-17(6-4-16)22-23-18-7-9-19(10-8-18)24(26)27/h3-10,13-14,25H,2,11-12H2,1H3. The summed E-state index contributed by atoms with van der Waals surface area (Å²) in [5, 5.41) is 28.4. The van der Waals surface area contributed by atoms with Gasteiger partial charge in [-0.05, 0) is 47.9 Å². The normalized spacial score (nSPS) is 18.8. The Balaban J connectivity index is 1.77. The summed E-state index contributed by atoms with van der Waals surface area (Å²) in [6.45, 7) is 2.13. The largest absolute Gasteiger partial charge is 0.396 e. The third kappa shape index (κ3) is 4.15. The third-order valence-electron chi connectivity index (χ3n) is 4.49. The van der Waals surface area contributed by atoms with Crippen molar-refractivity contribution in [1.82, 2.24) is 0 Å². The Kier molecular flexibility index (Phi) is 5.52. The van der Waals surface area contributed by atoms with Gasteiger partial charge < -0.3 is 5.11 Å². The van der Waals surface area contributed by atoms with Crippen LogP contribution >= 0.6 is 0 Å². The van der Waals surface area contributed by atoms with Gasteiger partial charge in [-0.1, -0.05) is 19.1 Å². The second-order valence-electron chi connectivity index (χ2n) is 6.25. The average Bonchev–Trinajstić information content (AvgIpc) is 3.12. The van der Waals surface area contributed by atoms with Crippen molar-refractivity contribution in [2.24, 2.45) is 15.2 Å². The fourth-order valence-corrected chi connectivity index (χ4v) is 2.96. The van der Waals surface area contributed by atoms with Crippen LogP contribution in [0.15, 0.2) is 75.4 Å². The van der Waals surface area contributed by atoms with E-state index in [0.717, 1.165) is 17.6 Å². The van der Waals surface area contributed by atoms with Gasteiger partial charge in [0, 0.05) is 31.4 Å². The van der Waals surface area contributed by atoms with Crippen molar-refractivity contribution in [3.05, 3.63) is 75.9 Å². The predicted octanol–water partition coefficient (Wildman–Crippen LogP) is 5.01. The zero-order chi connectivity index (χ0) is 19.3. The van der Waals surface area contributed by atoms with E-state index in [4.69, 9.17) is 0 Å². The lowest BCUT2D eigenvalue weighted by atomic mass is 9.87. The molecule has 1 aliphatic heterocycles. The second kappa shape index (κ2) is 8.01. The van der Waals surface area contributed by atoms with E-state index >= 15 is 0 Å². The van der Waals surface area contributed by atoms with Crippen molar-refractivity contribution < 1.29 is 10.0 Å². The van der Waals surface area contributed by atoms with Crippen LogP contribution in [0, 0.1) is 10.1 Å². The van der Waals surface area contributed by atoms with Crippen LogP contribution in [0.4, 0.5) is 17.1 Å². The quantitative estimate of drug-likeness (QED) is 0.424. The van der Waals surface area contributed by atoms with Gasteiger partial charge in [-0.3, -0.25) is 15.1 Å². The van der Waals surface area contributed by atoms with E-state index < -0.39 is 10.5 Å². The lowest BCUT2D eigenvalue weighted by Gasteiger charge is -2.24. The Morgan fingerprint density at radius 3 is 2.15 bits per heavy atom. The molecule has 1 N–H and O–H groups in total. The number of non-ortho nitro benzene ring substituents is 1. The first-order chi connectivity index (χ1) is 13.1. The molecule has 0 aromatic heterocycles. The van der Waals surface area contributed by atoms with Gasteiger partial charge >= 0.3 is 0 Å². The highest BCUT2D eigenvalue weighted by molar-refractivity contribution is 5.82. The summed E-state index contributed by atoms with van der Waals surface area (Å²) in [7, 11) is 0. The van der Waals surface area contributed by atoms with Crippen molar-refractivity contribution >= 4 is 23.3 Å². The van der Waals surface area contributed by atoms with Crippen molar-refractivity contribution in [2.75, 3.05) is 6.61 Å². The van der Waals surface area contributed by atoms with Gasteiger partial charge in [0.25, 0.3) is 5.69 Å². The topological polar surface area (TPSA) is 100 Å². The zero-order valence-electron chi connectivity index (χ0n) is 14.9. The minimum absolute atomic E-state index is 0.0177. The third-order valence-corrected chi connectivity index (χ3v) is 4.49. The second-order valence-corrected chi connectivity index (χ2v) is 6.25. The number of nitro benzene ring substituents is 1. The van der Waals surface area contributed by atoms with E-state index in [0.29, 0.717) is 17.8 Å². The van der Waals surface area contributed by atoms with E-state index in [1.165, 1.54) is 12.1 Å². The fourth-order valence-electron chi connectivity index (χ4n) is 2.96. The molecule has 0 bridgehead atoms. The maximum atomic E-state index is 10.7. The molecule has 7 nitrogen and oxygen atoms in total. The number of hydrogen-bond acceptors (Lipinski definition) is 6. The molecular weight excluding hydrogens is 344 g/mol. The lowest BCUT2D eigenvalue weighted by molar-refractivity contribution is -0.384. The van der Waals surface area contributed by atoms with Crippen LogP contribution in [0.5, 0.6) is 0 Å². The van der Waals surface area contributed by atoms with Gasteiger partial charge in [0.1, 0.15) is 5.54 Å². The van der Waals surface area contributed by atoms with Gasteiger partial charge in [0.05, 0.1) is 16.3 Å². The summed E-state index contributed by atoms with van der Waals surface area (Å²) in [4.78, 5) is 14.9. The van der Waals surface area contributed by atoms with Crippen LogP contribution in [0.1, 0.15) is 25.3 Å². The molecule has 2 aromatic carbocycles. The maximum absolute atomic E-state index is 10.7. The smallest absolute Gasteiger partial charge is 0.269 e. The number of aliphatic hydroxyl groups is 1. The molecule has 7 heteroatoms. The van der Waals surface area contributed by atoms with Crippen molar-refractivity contribution in [3.63, 3.8) is 0 Å². The van der Waals surface area contributed by atoms with Gasteiger partial charge in [-0.25, -0.2) is 0 Å². The molecule has 3 rings (SSSR count). The molecule has 2 aromatic rings. The Bertz CT molecular complexity index is 902. The van der Waals surface area contributed by atoms with Crippen LogP contribution in [0.2, 0.25) is 0 Å². The number of benzene rings is 2. The minimum Gasteiger partial charge on any atom is -0.396 e. The summed E-state index contributed by atoms with van der Waals surface area (Å²) >= 11 is 0. The van der Waals surface area contributed by atoms with E-state index in [-0.39, 0.29) is 12.3 Å². The highest BCUT2D eigenvalue weighted by atomic mass is 16.6. The summed E-state index contributed by atoms with van der Waals surface area (Å²) in [6.07, 6.45) is 5.41. The number of nitro groups is 1. The highest BCUT2D eigenvalue weighted by Crippen LogP contribution is 2.37. The highest BCUT2D eigenvalue weighted by Gasteiger charge is 2.31. The summed E-state index contributed by atoms with van der Waals surface area (Å²) in [5.41, 5.74) is 2.85. The number of aliphatic imine (C=N–C) groups is 1. The molecule has 0 fully saturated rings. The van der Waals surface area contributed by atoms with Crippen LogP contribution in [0.25, 0.3) is 0 Å². The SMILES string of the molecule is CCC1=CC(CCO)(c2ccc(N=Nc3ccc([N+](=O)[O-])cc3)cc2)N=C1. The van der Waals surface area contributed by atoms with E-state index in [1.54, 1.807) is 12.1 Å². The van der Waals surface area contributed by atoms with Crippen molar-refractivity contribution in [2.45, 2.75) is 25.3 Å². The Morgan fingerprint density at radius 2 is 1.67 bits per heavy atom. The minimum atomic E-state index is -0.520. The molecule has 27 heavy (non-hydrogen) atoms. The van der Waals surface area contributed by atoms with Gasteiger partial charge in [0.2, 0.25) is 0 Å². The first-order valence-corrected chi connectivity index (χ1v) is 8.71. The van der Waals surface area contributed by atoms with Crippen LogP contribution < -0.4 is 0 Å². The number of allylic oxidation sites excluding steroid dienone is 1. The lowest BCUT2D eigenvalue weighted by Crippen LogP contribution is -2.20. The fraction of sp³-hybridized carbons (Fsp3) is 0.250. The summed E-state index contributed by atoms with van der Waals surface area (Å²) < 4.78 is 0. The Morgan fingerprint density at radius 1 is 1.07 bits per heavy atom. The molecule has 0 amide bonds. The number of nitrogens with zero attached hydrogens (tertiary/aromatic N) is 4. The first-order valence-electron chi connectivity index (χ1n) is 8.71. The molecule has 0 radical (unpaired) electrons. The molecule has 0 saturated heterocycles. The maximum Gasteiger partial charge on any atom is 0.269 e. The van der Waals surface area contributed by atoms with Crippen LogP contribution in [-0.4, -0.2) is 22.9 Å². The number of rotatable bonds is 7. The molecule has 138 valence electrons. The molecule has 1 atom stereocenters. The summed E-state index contributed by atoms with van der Waals surface area (Å²) in [5.74, 6) is 0. The number of hydrogen-bond donors (Lipinski definition) is 1. The van der Waals surface area contributed by atoms with Gasteiger partial charge in [0.15, 0.2) is 0 Å². The van der Waals surface area contributed by atoms with Crippen LogP contribution in [0.3, 0.4) is 0 Å². The Labute approximate surface area is 157 Å². The van der Waals surface area contributed by atoms with Crippen molar-refractivity contribution in [1.29, 1.82) is 0 Å². The molecule has 0 saturated carbocycles. The molecule has 1 unspecified atom stereocenters. The zero-order valence-corrected chi connectivity index (χ0v) is 14.9. The van der Waals surface area contributed by atoms with Gasteiger partial charge in [-0.15, -0.1) is 0 Å². The molecule has 1 heterocycles. The number of azo groups is 1. The van der Waals surface area contributed by atoms with E-state index in [9.17, 15) is 15.2 Å². The molecular formula is C20H20N4O3. The van der Waals surface area contributed by atoms with E-state index in [2.05, 4.69) is 28.2 Å². The number of aliphatic hydroxyl groups excluding tert-OH is 1. The predicted molar refractivity (Wildman–Crippen MR) is 104 cm³/mol. The Hall–Kier alpha value is -3.19. The van der Waals surface area contributed by atoms with Crippen LogP contribution in [-0.2, 0) is 5.54 Å². The first kappa shape index (κ1) is 18.6. The summed E-state index contributed by atoms with van der Waals surface area (Å²) in [6, 6.07) is 13.5. The average molecular weight is 364 g/mol. The van der Waals surface area contributed by atoms with Crippen molar-refractivity contribution in [3.8, 4) is 0 Å². The molecule has 0 aliphatic carbocycles. The monoisotopic (exact) mass is 364 g/mol. The molecule has 1 aliphatic rings. The van der Waals surface area contributed by atoms with E-state index in [1.807, 2.05) is 30.5 Å².